The van der Waals surface area contributed by atoms with Gasteiger partial charge in [-0.2, -0.15) is 35.8 Å². The van der Waals surface area contributed by atoms with Gasteiger partial charge in [-0.1, -0.05) is 19.1 Å². The van der Waals surface area contributed by atoms with E-state index in [2.05, 4.69) is 10.1 Å². The maximum absolute atomic E-state index is 13.3. The number of rotatable bonds is 4. The Labute approximate surface area is 149 Å². The van der Waals surface area contributed by atoms with Gasteiger partial charge in [0.05, 0.1) is 12.3 Å². The van der Waals surface area contributed by atoms with Gasteiger partial charge in [-0.25, -0.2) is 10.0 Å². The number of halogens is 7. The third-order valence-corrected chi connectivity index (χ3v) is 3.84. The summed E-state index contributed by atoms with van der Waals surface area (Å²) in [6, 6.07) is 6.11. The first-order chi connectivity index (χ1) is 12.3. The zero-order chi connectivity index (χ0) is 20.6. The lowest BCUT2D eigenvalue weighted by atomic mass is 9.99. The van der Waals surface area contributed by atoms with Gasteiger partial charge >= 0.3 is 18.0 Å². The molecule has 0 radical (unpaired) electrons. The van der Waals surface area contributed by atoms with Gasteiger partial charge in [-0.05, 0) is 12.1 Å². The molecule has 1 aromatic rings. The summed E-state index contributed by atoms with van der Waals surface area (Å²) in [6.07, 6.45) is -6.43. The van der Waals surface area contributed by atoms with Crippen LogP contribution in [0.1, 0.15) is 12.5 Å². The number of phenolic OH excluding ortho intramolecular Hbond substituents is 1. The van der Waals surface area contributed by atoms with Crippen molar-refractivity contribution in [2.75, 3.05) is 13.1 Å². The molecule has 1 unspecified atom stereocenters. The van der Waals surface area contributed by atoms with E-state index in [0.717, 1.165) is 5.01 Å². The molecule has 0 saturated carbocycles. The average molecular weight is 400 g/mol. The molecule has 1 atom stereocenters. The summed E-state index contributed by atoms with van der Waals surface area (Å²) in [5.41, 5.74) is 6.10. The standard InChI is InChI=1S/C15H15F7N4O/c1-8-6-26(25-11(8)9-4-2-3-5-10(9)27)12(23)24-7-13(16,17)14(18,19)15(20,21)22/h2-5,8,27H,6-7H2,1H3,(H2,23,24). The zero-order valence-electron chi connectivity index (χ0n) is 13.8. The van der Waals surface area contributed by atoms with E-state index in [0.29, 0.717) is 11.3 Å². The van der Waals surface area contributed by atoms with Crippen LogP contribution in [-0.4, -0.2) is 52.9 Å². The van der Waals surface area contributed by atoms with Crippen LogP contribution < -0.4 is 5.73 Å². The highest BCUT2D eigenvalue weighted by Crippen LogP contribution is 2.46. The van der Waals surface area contributed by atoms with Crippen molar-refractivity contribution in [2.24, 2.45) is 21.7 Å². The van der Waals surface area contributed by atoms with E-state index in [4.69, 9.17) is 5.73 Å². The number of guanidine groups is 1. The monoisotopic (exact) mass is 400 g/mol. The van der Waals surface area contributed by atoms with Gasteiger partial charge in [-0.3, -0.25) is 0 Å². The van der Waals surface area contributed by atoms with E-state index >= 15 is 0 Å². The molecule has 1 aliphatic rings. The van der Waals surface area contributed by atoms with E-state index in [1.54, 1.807) is 25.1 Å². The van der Waals surface area contributed by atoms with Crippen LogP contribution in [0, 0.1) is 5.92 Å². The molecular weight excluding hydrogens is 385 g/mol. The molecule has 0 aromatic heterocycles. The number of hydrogen-bond acceptors (Lipinski definition) is 3. The van der Waals surface area contributed by atoms with Crippen LogP contribution in [0.3, 0.4) is 0 Å². The Morgan fingerprint density at radius 1 is 1.22 bits per heavy atom. The van der Waals surface area contributed by atoms with E-state index in [-0.39, 0.29) is 18.2 Å². The normalized spacial score (nSPS) is 19.4. The topological polar surface area (TPSA) is 74.2 Å². The number of hydrazone groups is 1. The molecule has 0 fully saturated rings. The second kappa shape index (κ2) is 6.89. The fraction of sp³-hybridized carbons (Fsp3) is 0.467. The lowest BCUT2D eigenvalue weighted by Crippen LogP contribution is -2.53. The van der Waals surface area contributed by atoms with Crippen molar-refractivity contribution < 1.29 is 35.8 Å². The number of benzene rings is 1. The highest BCUT2D eigenvalue weighted by molar-refractivity contribution is 6.06. The third-order valence-electron chi connectivity index (χ3n) is 3.84. The summed E-state index contributed by atoms with van der Waals surface area (Å²) < 4.78 is 88.7. The van der Waals surface area contributed by atoms with Crippen molar-refractivity contribution in [2.45, 2.75) is 24.9 Å². The maximum Gasteiger partial charge on any atom is 0.459 e. The fourth-order valence-electron chi connectivity index (χ4n) is 2.34. The Balaban J connectivity index is 2.21. The Hall–Kier alpha value is -2.53. The summed E-state index contributed by atoms with van der Waals surface area (Å²) in [6.45, 7) is -0.483. The van der Waals surface area contributed by atoms with Crippen LogP contribution >= 0.6 is 0 Å². The molecule has 2 rings (SSSR count). The summed E-state index contributed by atoms with van der Waals surface area (Å²) in [4.78, 5) is 2.96. The minimum Gasteiger partial charge on any atom is -0.507 e. The molecule has 5 nitrogen and oxygen atoms in total. The van der Waals surface area contributed by atoms with E-state index in [1.165, 1.54) is 6.07 Å². The van der Waals surface area contributed by atoms with Gasteiger partial charge in [0.25, 0.3) is 0 Å². The van der Waals surface area contributed by atoms with Crippen molar-refractivity contribution in [1.29, 1.82) is 0 Å². The van der Waals surface area contributed by atoms with Crippen LogP contribution in [-0.2, 0) is 0 Å². The van der Waals surface area contributed by atoms with E-state index in [9.17, 15) is 35.8 Å². The molecule has 1 heterocycles. The Bertz CT molecular complexity index is 761. The number of phenols is 1. The van der Waals surface area contributed by atoms with Crippen molar-refractivity contribution in [3.8, 4) is 5.75 Å². The number of hydrogen-bond donors (Lipinski definition) is 2. The van der Waals surface area contributed by atoms with Gasteiger partial charge in [0, 0.05) is 11.5 Å². The minimum atomic E-state index is -6.43. The van der Waals surface area contributed by atoms with Crippen LogP contribution in [0.25, 0.3) is 0 Å². The van der Waals surface area contributed by atoms with Crippen molar-refractivity contribution in [3.05, 3.63) is 29.8 Å². The Morgan fingerprint density at radius 2 is 1.81 bits per heavy atom. The predicted molar refractivity (Wildman–Crippen MR) is 83.0 cm³/mol. The number of para-hydroxylation sites is 1. The molecule has 12 heteroatoms. The molecule has 0 aliphatic carbocycles. The maximum atomic E-state index is 13.3. The molecule has 3 N–H and O–H groups in total. The first kappa shape index (κ1) is 20.8. The van der Waals surface area contributed by atoms with Crippen LogP contribution in [0.5, 0.6) is 5.75 Å². The lowest BCUT2D eigenvalue weighted by Gasteiger charge is -2.27. The fourth-order valence-corrected chi connectivity index (χ4v) is 2.34. The average Bonchev–Trinajstić information content (AvgIpc) is 2.93. The minimum absolute atomic E-state index is 0.0141. The summed E-state index contributed by atoms with van der Waals surface area (Å²) >= 11 is 0. The molecule has 150 valence electrons. The van der Waals surface area contributed by atoms with E-state index < -0.39 is 30.5 Å². The summed E-state index contributed by atoms with van der Waals surface area (Å²) in [5.74, 6) is -12.9. The Morgan fingerprint density at radius 3 is 2.37 bits per heavy atom. The van der Waals surface area contributed by atoms with E-state index in [1.807, 2.05) is 0 Å². The van der Waals surface area contributed by atoms with Crippen LogP contribution in [0.15, 0.2) is 34.4 Å². The summed E-state index contributed by atoms with van der Waals surface area (Å²) in [5, 5.41) is 14.7. The first-order valence-corrected chi connectivity index (χ1v) is 7.54. The second-order valence-corrected chi connectivity index (χ2v) is 5.94. The highest BCUT2D eigenvalue weighted by Gasteiger charge is 2.72. The SMILES string of the molecule is CC1CN(C(N)=NCC(F)(F)C(F)(F)C(F)(F)F)N=C1c1ccccc1O. The molecule has 0 spiro atoms. The van der Waals surface area contributed by atoms with Gasteiger partial charge in [0.2, 0.25) is 5.96 Å². The molecule has 0 bridgehead atoms. The zero-order valence-corrected chi connectivity index (χ0v) is 13.8. The van der Waals surface area contributed by atoms with Crippen molar-refractivity contribution in [3.63, 3.8) is 0 Å². The van der Waals surface area contributed by atoms with Gasteiger partial charge in [-0.15, -0.1) is 0 Å². The molecule has 1 aliphatic heterocycles. The molecule has 1 aromatic carbocycles. The smallest absolute Gasteiger partial charge is 0.459 e. The molecule has 27 heavy (non-hydrogen) atoms. The number of nitrogens with two attached hydrogens (primary N) is 1. The third kappa shape index (κ3) is 3.93. The number of nitrogens with zero attached hydrogens (tertiary/aromatic N) is 3. The highest BCUT2D eigenvalue weighted by atomic mass is 19.4. The largest absolute Gasteiger partial charge is 0.507 e. The van der Waals surface area contributed by atoms with Crippen LogP contribution in [0.2, 0.25) is 0 Å². The van der Waals surface area contributed by atoms with Gasteiger partial charge in [0.15, 0.2) is 0 Å². The Kier molecular flexibility index (Phi) is 5.30. The van der Waals surface area contributed by atoms with Gasteiger partial charge < -0.3 is 10.8 Å². The predicted octanol–water partition coefficient (Wildman–Crippen LogP) is 3.20. The number of aliphatic imine (C=N–C) groups is 1. The van der Waals surface area contributed by atoms with Crippen molar-refractivity contribution in [1.82, 2.24) is 5.01 Å². The second-order valence-electron chi connectivity index (χ2n) is 5.94. The first-order valence-electron chi connectivity index (χ1n) is 7.54. The number of aromatic hydroxyl groups is 1. The quantitative estimate of drug-likeness (QED) is 0.463. The van der Waals surface area contributed by atoms with Gasteiger partial charge in [0.1, 0.15) is 12.3 Å². The lowest BCUT2D eigenvalue weighted by molar-refractivity contribution is -0.351. The molecular formula is C15H15F7N4O. The molecule has 0 saturated heterocycles. The van der Waals surface area contributed by atoms with Crippen molar-refractivity contribution >= 4 is 11.7 Å². The van der Waals surface area contributed by atoms with Crippen LogP contribution in [0.4, 0.5) is 30.7 Å². The molecule has 0 amide bonds. The summed E-state index contributed by atoms with van der Waals surface area (Å²) in [7, 11) is 0. The number of alkyl halides is 7.